The molecule has 0 saturated heterocycles. The Bertz CT molecular complexity index is 755. The topological polar surface area (TPSA) is 89.3 Å². The summed E-state index contributed by atoms with van der Waals surface area (Å²) in [5.41, 5.74) is 1.02. The Kier molecular flexibility index (Phi) is 4.23. The zero-order valence-corrected chi connectivity index (χ0v) is 12.1. The van der Waals surface area contributed by atoms with Crippen LogP contribution < -0.4 is 4.72 Å². The van der Waals surface area contributed by atoms with Gasteiger partial charge in [-0.05, 0) is 30.2 Å². The van der Waals surface area contributed by atoms with Crippen LogP contribution in [0.1, 0.15) is 12.5 Å². The highest BCUT2D eigenvalue weighted by Crippen LogP contribution is 2.21. The lowest BCUT2D eigenvalue weighted by molar-refractivity contribution is -0.384. The van der Waals surface area contributed by atoms with Gasteiger partial charge in [0.25, 0.3) is 15.7 Å². The molecule has 6 nitrogen and oxygen atoms in total. The van der Waals surface area contributed by atoms with Crippen molar-refractivity contribution >= 4 is 21.4 Å². The van der Waals surface area contributed by atoms with Crippen LogP contribution in [0.3, 0.4) is 0 Å². The first-order valence-corrected chi connectivity index (χ1v) is 7.77. The van der Waals surface area contributed by atoms with E-state index in [-0.39, 0.29) is 16.3 Å². The minimum absolute atomic E-state index is 0.117. The van der Waals surface area contributed by atoms with Crippen molar-refractivity contribution < 1.29 is 13.3 Å². The Morgan fingerprint density at radius 2 is 1.81 bits per heavy atom. The van der Waals surface area contributed by atoms with Crippen LogP contribution in [0, 0.1) is 10.1 Å². The number of anilines is 1. The molecule has 21 heavy (non-hydrogen) atoms. The number of nitrogens with zero attached hydrogens (tertiary/aromatic N) is 1. The number of benzene rings is 2. The standard InChI is InChI=1S/C14H14N2O4S/c1-2-11-6-8-14(9-7-11)21(19,20)15-12-4-3-5-13(10-12)16(17)18/h3-10,15H,2H2,1H3. The molecule has 0 bridgehead atoms. The summed E-state index contributed by atoms with van der Waals surface area (Å²) in [6.45, 7) is 1.98. The normalized spacial score (nSPS) is 11.1. The summed E-state index contributed by atoms with van der Waals surface area (Å²) in [5.74, 6) is 0. The average Bonchev–Trinajstić information content (AvgIpc) is 2.47. The van der Waals surface area contributed by atoms with Crippen LogP contribution in [0.2, 0.25) is 0 Å². The highest BCUT2D eigenvalue weighted by Gasteiger charge is 2.15. The molecule has 0 amide bonds. The average molecular weight is 306 g/mol. The molecule has 0 saturated carbocycles. The summed E-state index contributed by atoms with van der Waals surface area (Å²) >= 11 is 0. The van der Waals surface area contributed by atoms with E-state index in [1.165, 1.54) is 36.4 Å². The Hall–Kier alpha value is -2.41. The summed E-state index contributed by atoms with van der Waals surface area (Å²) in [5, 5.41) is 10.7. The van der Waals surface area contributed by atoms with Gasteiger partial charge in [-0.25, -0.2) is 8.42 Å². The first kappa shape index (κ1) is 15.0. The number of nitro benzene ring substituents is 1. The first-order valence-electron chi connectivity index (χ1n) is 6.28. The lowest BCUT2D eigenvalue weighted by atomic mass is 10.2. The minimum Gasteiger partial charge on any atom is -0.279 e. The number of aryl methyl sites for hydroxylation is 1. The SMILES string of the molecule is CCc1ccc(S(=O)(=O)Nc2cccc([N+](=O)[O-])c2)cc1. The van der Waals surface area contributed by atoms with Crippen LogP contribution in [-0.2, 0) is 16.4 Å². The van der Waals surface area contributed by atoms with E-state index >= 15 is 0 Å². The molecule has 0 heterocycles. The third-order valence-corrected chi connectivity index (χ3v) is 4.35. The van der Waals surface area contributed by atoms with E-state index in [1.807, 2.05) is 6.92 Å². The minimum atomic E-state index is -3.75. The number of nitrogens with one attached hydrogen (secondary N) is 1. The number of rotatable bonds is 5. The van der Waals surface area contributed by atoms with Gasteiger partial charge in [0.2, 0.25) is 0 Å². The van der Waals surface area contributed by atoms with Crippen molar-refractivity contribution in [3.63, 3.8) is 0 Å². The van der Waals surface area contributed by atoms with Crippen molar-refractivity contribution in [1.82, 2.24) is 0 Å². The van der Waals surface area contributed by atoms with Gasteiger partial charge in [-0.1, -0.05) is 25.1 Å². The van der Waals surface area contributed by atoms with E-state index in [0.29, 0.717) is 0 Å². The van der Waals surface area contributed by atoms with E-state index in [0.717, 1.165) is 12.0 Å². The molecule has 0 fully saturated rings. The number of nitro groups is 1. The van der Waals surface area contributed by atoms with Gasteiger partial charge in [0.05, 0.1) is 15.5 Å². The van der Waals surface area contributed by atoms with Crippen molar-refractivity contribution in [3.05, 3.63) is 64.2 Å². The predicted molar refractivity (Wildman–Crippen MR) is 79.7 cm³/mol. The summed E-state index contributed by atoms with van der Waals surface area (Å²) in [6.07, 6.45) is 0.818. The lowest BCUT2D eigenvalue weighted by Crippen LogP contribution is -2.13. The van der Waals surface area contributed by atoms with Crippen LogP contribution >= 0.6 is 0 Å². The van der Waals surface area contributed by atoms with E-state index in [4.69, 9.17) is 0 Å². The van der Waals surface area contributed by atoms with Crippen molar-refractivity contribution in [2.24, 2.45) is 0 Å². The lowest BCUT2D eigenvalue weighted by Gasteiger charge is -2.08. The van der Waals surface area contributed by atoms with Crippen molar-refractivity contribution in [3.8, 4) is 0 Å². The number of hydrogen-bond donors (Lipinski definition) is 1. The van der Waals surface area contributed by atoms with E-state index < -0.39 is 14.9 Å². The molecular weight excluding hydrogens is 292 g/mol. The maximum atomic E-state index is 12.2. The third kappa shape index (κ3) is 3.57. The second kappa shape index (κ2) is 5.92. The Labute approximate surface area is 122 Å². The second-order valence-electron chi connectivity index (χ2n) is 4.41. The predicted octanol–water partition coefficient (Wildman–Crippen LogP) is 2.96. The zero-order chi connectivity index (χ0) is 15.5. The number of non-ortho nitro benzene ring substituents is 1. The Morgan fingerprint density at radius 1 is 1.14 bits per heavy atom. The van der Waals surface area contributed by atoms with E-state index in [2.05, 4.69) is 4.72 Å². The molecule has 0 aromatic heterocycles. The van der Waals surface area contributed by atoms with Gasteiger partial charge < -0.3 is 0 Å². The van der Waals surface area contributed by atoms with Crippen molar-refractivity contribution in [1.29, 1.82) is 0 Å². The fourth-order valence-electron chi connectivity index (χ4n) is 1.80. The summed E-state index contributed by atoms with van der Waals surface area (Å²) in [4.78, 5) is 10.2. The number of hydrogen-bond acceptors (Lipinski definition) is 4. The van der Waals surface area contributed by atoms with Crippen LogP contribution in [0.25, 0.3) is 0 Å². The first-order chi connectivity index (χ1) is 9.92. The zero-order valence-electron chi connectivity index (χ0n) is 11.3. The van der Waals surface area contributed by atoms with Gasteiger partial charge in [0, 0.05) is 12.1 Å². The molecule has 0 aliphatic heterocycles. The molecule has 0 spiro atoms. The summed E-state index contributed by atoms with van der Waals surface area (Å²) < 4.78 is 26.7. The quantitative estimate of drug-likeness (QED) is 0.679. The fraction of sp³-hybridized carbons (Fsp3) is 0.143. The maximum absolute atomic E-state index is 12.2. The van der Waals surface area contributed by atoms with Crippen LogP contribution in [0.15, 0.2) is 53.4 Å². The monoisotopic (exact) mass is 306 g/mol. The van der Waals surface area contributed by atoms with Gasteiger partial charge in [0.15, 0.2) is 0 Å². The summed E-state index contributed by atoms with van der Waals surface area (Å²) in [6, 6.07) is 11.9. The molecule has 1 N–H and O–H groups in total. The molecule has 0 atom stereocenters. The van der Waals surface area contributed by atoms with E-state index in [9.17, 15) is 18.5 Å². The highest BCUT2D eigenvalue weighted by molar-refractivity contribution is 7.92. The number of sulfonamides is 1. The van der Waals surface area contributed by atoms with E-state index in [1.54, 1.807) is 12.1 Å². The Balaban J connectivity index is 2.28. The summed E-state index contributed by atoms with van der Waals surface area (Å²) in [7, 11) is -3.75. The maximum Gasteiger partial charge on any atom is 0.271 e. The van der Waals surface area contributed by atoms with Gasteiger partial charge >= 0.3 is 0 Å². The van der Waals surface area contributed by atoms with Crippen molar-refractivity contribution in [2.75, 3.05) is 4.72 Å². The second-order valence-corrected chi connectivity index (χ2v) is 6.09. The molecule has 0 radical (unpaired) electrons. The largest absolute Gasteiger partial charge is 0.279 e. The van der Waals surface area contributed by atoms with Crippen LogP contribution in [-0.4, -0.2) is 13.3 Å². The molecule has 110 valence electrons. The van der Waals surface area contributed by atoms with Crippen LogP contribution in [0.5, 0.6) is 0 Å². The smallest absolute Gasteiger partial charge is 0.271 e. The third-order valence-electron chi connectivity index (χ3n) is 2.95. The molecule has 2 aromatic rings. The molecular formula is C14H14N2O4S. The fourth-order valence-corrected chi connectivity index (χ4v) is 2.85. The van der Waals surface area contributed by atoms with Gasteiger partial charge in [-0.2, -0.15) is 0 Å². The molecule has 0 unspecified atom stereocenters. The molecule has 2 rings (SSSR count). The van der Waals surface area contributed by atoms with Gasteiger partial charge in [-0.15, -0.1) is 0 Å². The molecule has 7 heteroatoms. The molecule has 0 aliphatic rings. The van der Waals surface area contributed by atoms with Crippen LogP contribution in [0.4, 0.5) is 11.4 Å². The van der Waals surface area contributed by atoms with Gasteiger partial charge in [0.1, 0.15) is 0 Å². The molecule has 0 aliphatic carbocycles. The molecule has 2 aromatic carbocycles. The highest BCUT2D eigenvalue weighted by atomic mass is 32.2. The van der Waals surface area contributed by atoms with Gasteiger partial charge in [-0.3, -0.25) is 14.8 Å². The van der Waals surface area contributed by atoms with Crippen molar-refractivity contribution in [2.45, 2.75) is 18.2 Å². The Morgan fingerprint density at radius 3 is 2.38 bits per heavy atom.